The molecule has 0 bridgehead atoms. The Morgan fingerprint density at radius 1 is 0.571 bits per heavy atom. The zero-order valence-electron chi connectivity index (χ0n) is 17.1. The lowest BCUT2D eigenvalue weighted by Crippen LogP contribution is -2.23. The van der Waals surface area contributed by atoms with Gasteiger partial charge in [-0.3, -0.25) is 0 Å². The second-order valence-corrected chi connectivity index (χ2v) is 8.27. The summed E-state index contributed by atoms with van der Waals surface area (Å²) in [5, 5.41) is 5.30. The summed E-state index contributed by atoms with van der Waals surface area (Å²) in [7, 11) is 0. The Kier molecular flexibility index (Phi) is 5.48. The summed E-state index contributed by atoms with van der Waals surface area (Å²) in [6.07, 6.45) is 6.37. The molecule has 0 N–H and O–H groups in total. The number of benzene rings is 4. The van der Waals surface area contributed by atoms with Crippen molar-refractivity contribution in [1.82, 2.24) is 0 Å². The molecule has 0 nitrogen and oxygen atoms in total. The molecule has 0 aliphatic rings. The molecule has 4 aromatic carbocycles. The van der Waals surface area contributed by atoms with E-state index in [0.29, 0.717) is 0 Å². The number of hydrogen-bond acceptors (Lipinski definition) is 0. The maximum Gasteiger partial charge on any atom is 0.0175 e. The van der Waals surface area contributed by atoms with E-state index in [-0.39, 0.29) is 5.41 Å². The second kappa shape index (κ2) is 8.19. The first-order chi connectivity index (χ1) is 13.7. The highest BCUT2D eigenvalue weighted by atomic mass is 14.3. The van der Waals surface area contributed by atoms with E-state index in [0.717, 1.165) is 0 Å². The van der Waals surface area contributed by atoms with E-state index in [1.54, 1.807) is 0 Å². The molecule has 0 saturated carbocycles. The Balaban J connectivity index is 1.79. The summed E-state index contributed by atoms with van der Waals surface area (Å²) in [5.74, 6) is 0. The van der Waals surface area contributed by atoms with Crippen molar-refractivity contribution < 1.29 is 0 Å². The highest BCUT2D eigenvalue weighted by molar-refractivity contribution is 5.85. The molecule has 4 rings (SSSR count). The van der Waals surface area contributed by atoms with Gasteiger partial charge in [0, 0.05) is 5.41 Å². The first kappa shape index (κ1) is 18.7. The summed E-state index contributed by atoms with van der Waals surface area (Å²) < 4.78 is 0. The van der Waals surface area contributed by atoms with Gasteiger partial charge in [-0.05, 0) is 39.1 Å². The average Bonchev–Trinajstić information content (AvgIpc) is 2.76. The van der Waals surface area contributed by atoms with Gasteiger partial charge in [0.05, 0.1) is 0 Å². The molecule has 0 aromatic heterocycles. The quantitative estimate of drug-likeness (QED) is 0.289. The molecule has 0 radical (unpaired) electrons. The minimum Gasteiger partial charge on any atom is -0.0654 e. The molecule has 0 aliphatic heterocycles. The van der Waals surface area contributed by atoms with Crippen LogP contribution in [-0.4, -0.2) is 0 Å². The predicted molar refractivity (Wildman–Crippen MR) is 123 cm³/mol. The third-order valence-electron chi connectivity index (χ3n) is 6.30. The zero-order valence-corrected chi connectivity index (χ0v) is 17.1. The first-order valence-corrected chi connectivity index (χ1v) is 10.7. The van der Waals surface area contributed by atoms with Gasteiger partial charge in [-0.2, -0.15) is 0 Å². The lowest BCUT2D eigenvalue weighted by molar-refractivity contribution is 0.478. The molecule has 4 aromatic rings. The van der Waals surface area contributed by atoms with E-state index in [2.05, 4.69) is 98.8 Å². The average molecular weight is 367 g/mol. The number of rotatable bonds is 7. The molecule has 0 spiro atoms. The number of fused-ring (bicyclic) bond motifs is 2. The highest BCUT2D eigenvalue weighted by Gasteiger charge is 2.28. The van der Waals surface area contributed by atoms with Crippen molar-refractivity contribution in [2.24, 2.45) is 0 Å². The van der Waals surface area contributed by atoms with Crippen molar-refractivity contribution >= 4 is 21.5 Å². The lowest BCUT2D eigenvalue weighted by atomic mass is 9.72. The summed E-state index contributed by atoms with van der Waals surface area (Å²) in [5.41, 5.74) is 2.89. The van der Waals surface area contributed by atoms with E-state index in [1.807, 2.05) is 0 Å². The van der Waals surface area contributed by atoms with Crippen LogP contribution >= 0.6 is 0 Å². The Labute approximate surface area is 169 Å². The molecular weight excluding hydrogens is 336 g/mol. The molecule has 142 valence electrons. The van der Waals surface area contributed by atoms with Crippen LogP contribution in [0.25, 0.3) is 21.5 Å². The van der Waals surface area contributed by atoms with Crippen LogP contribution in [0.5, 0.6) is 0 Å². The van der Waals surface area contributed by atoms with Crippen LogP contribution in [0.15, 0.2) is 84.9 Å². The molecule has 0 heteroatoms. The third-order valence-corrected chi connectivity index (χ3v) is 6.30. The molecule has 0 saturated heterocycles. The molecule has 0 heterocycles. The Bertz CT molecular complexity index is 994. The summed E-state index contributed by atoms with van der Waals surface area (Å²) >= 11 is 0. The smallest absolute Gasteiger partial charge is 0.0175 e. The second-order valence-electron chi connectivity index (χ2n) is 8.27. The predicted octanol–water partition coefficient (Wildman–Crippen LogP) is 8.27. The van der Waals surface area contributed by atoms with Gasteiger partial charge in [0.15, 0.2) is 0 Å². The minimum absolute atomic E-state index is 0.0296. The molecule has 28 heavy (non-hydrogen) atoms. The maximum atomic E-state index is 2.44. The largest absolute Gasteiger partial charge is 0.0654 e. The van der Waals surface area contributed by atoms with E-state index >= 15 is 0 Å². The normalized spacial score (nSPS) is 11.9. The van der Waals surface area contributed by atoms with Crippen molar-refractivity contribution in [3.63, 3.8) is 0 Å². The minimum atomic E-state index is 0.0296. The van der Waals surface area contributed by atoms with Gasteiger partial charge in [0.2, 0.25) is 0 Å². The van der Waals surface area contributed by atoms with Crippen LogP contribution in [0.4, 0.5) is 0 Å². The van der Waals surface area contributed by atoms with Crippen LogP contribution in [0, 0.1) is 0 Å². The Morgan fingerprint density at radius 2 is 1.07 bits per heavy atom. The van der Waals surface area contributed by atoms with Crippen LogP contribution in [-0.2, 0) is 5.41 Å². The van der Waals surface area contributed by atoms with Gasteiger partial charge in [-0.1, -0.05) is 124 Å². The monoisotopic (exact) mass is 366 g/mol. The molecule has 0 fully saturated rings. The van der Waals surface area contributed by atoms with Crippen molar-refractivity contribution in [3.05, 3.63) is 96.1 Å². The SMILES string of the molecule is CCCCCCC(C)(c1ccc2ccccc2c1)c1ccc2ccccc2c1. The van der Waals surface area contributed by atoms with Gasteiger partial charge < -0.3 is 0 Å². The van der Waals surface area contributed by atoms with Gasteiger partial charge in [0.1, 0.15) is 0 Å². The fourth-order valence-electron chi connectivity index (χ4n) is 4.43. The van der Waals surface area contributed by atoms with Crippen LogP contribution < -0.4 is 0 Å². The summed E-state index contributed by atoms with van der Waals surface area (Å²) in [6, 6.07) is 31.5. The number of hydrogen-bond donors (Lipinski definition) is 0. The number of unbranched alkanes of at least 4 members (excludes halogenated alkanes) is 3. The van der Waals surface area contributed by atoms with Gasteiger partial charge in [0.25, 0.3) is 0 Å². The Hall–Kier alpha value is -2.60. The van der Waals surface area contributed by atoms with Crippen LogP contribution in [0.1, 0.15) is 57.1 Å². The highest BCUT2D eigenvalue weighted by Crippen LogP contribution is 2.39. The first-order valence-electron chi connectivity index (χ1n) is 10.7. The standard InChI is InChI=1S/C28H30/c1-3-4-5-10-19-28(2,26-17-15-22-11-6-8-13-24(22)20-26)27-18-16-23-12-7-9-14-25(23)21-27/h6-9,11-18,20-21H,3-5,10,19H2,1-2H3. The van der Waals surface area contributed by atoms with Crippen LogP contribution in [0.3, 0.4) is 0 Å². The Morgan fingerprint density at radius 3 is 1.57 bits per heavy atom. The fourth-order valence-corrected chi connectivity index (χ4v) is 4.43. The van der Waals surface area contributed by atoms with Crippen molar-refractivity contribution in [3.8, 4) is 0 Å². The molecule has 0 atom stereocenters. The third kappa shape index (κ3) is 3.69. The molecule has 0 amide bonds. The van der Waals surface area contributed by atoms with Crippen molar-refractivity contribution in [1.29, 1.82) is 0 Å². The zero-order chi connectivity index (χ0) is 19.4. The van der Waals surface area contributed by atoms with E-state index in [4.69, 9.17) is 0 Å². The van der Waals surface area contributed by atoms with Crippen molar-refractivity contribution in [2.75, 3.05) is 0 Å². The van der Waals surface area contributed by atoms with Gasteiger partial charge >= 0.3 is 0 Å². The van der Waals surface area contributed by atoms with Crippen LogP contribution in [0.2, 0.25) is 0 Å². The molecular formula is C28H30. The van der Waals surface area contributed by atoms with E-state index in [9.17, 15) is 0 Å². The molecule has 0 unspecified atom stereocenters. The topological polar surface area (TPSA) is 0 Å². The maximum absolute atomic E-state index is 2.44. The fraction of sp³-hybridized carbons (Fsp3) is 0.286. The van der Waals surface area contributed by atoms with Gasteiger partial charge in [-0.15, -0.1) is 0 Å². The van der Waals surface area contributed by atoms with E-state index < -0.39 is 0 Å². The van der Waals surface area contributed by atoms with Gasteiger partial charge in [-0.25, -0.2) is 0 Å². The van der Waals surface area contributed by atoms with E-state index in [1.165, 1.54) is 64.8 Å². The summed E-state index contributed by atoms with van der Waals surface area (Å²) in [6.45, 7) is 4.72. The van der Waals surface area contributed by atoms with Crippen molar-refractivity contribution in [2.45, 2.75) is 51.4 Å². The summed E-state index contributed by atoms with van der Waals surface area (Å²) in [4.78, 5) is 0. The molecule has 0 aliphatic carbocycles. The lowest BCUT2D eigenvalue weighted by Gasteiger charge is -2.32.